The molecular weight excluding hydrogens is 278 g/mol. The molecule has 8 aliphatic rings. The normalized spacial score (nSPS) is 60.1. The highest BCUT2D eigenvalue weighted by molar-refractivity contribution is 5.27. The van der Waals surface area contributed by atoms with Crippen molar-refractivity contribution < 1.29 is 0 Å². The highest BCUT2D eigenvalue weighted by atomic mass is 15.1. The summed E-state index contributed by atoms with van der Waals surface area (Å²) in [6.07, 6.45) is 15.9. The summed E-state index contributed by atoms with van der Waals surface area (Å²) >= 11 is 0. The van der Waals surface area contributed by atoms with E-state index in [4.69, 9.17) is 0 Å². The van der Waals surface area contributed by atoms with Gasteiger partial charge in [0.2, 0.25) is 0 Å². The van der Waals surface area contributed by atoms with E-state index in [0.717, 1.165) is 52.9 Å². The van der Waals surface area contributed by atoms with Crippen LogP contribution in [0.3, 0.4) is 0 Å². The third-order valence-corrected chi connectivity index (χ3v) is 9.41. The maximum absolute atomic E-state index is 2.63. The van der Waals surface area contributed by atoms with Crippen LogP contribution < -0.4 is 0 Å². The van der Waals surface area contributed by atoms with Gasteiger partial charge in [0.25, 0.3) is 0 Å². The Bertz CT molecular complexity index is 473. The van der Waals surface area contributed by atoms with Gasteiger partial charge in [-0.1, -0.05) is 0 Å². The van der Waals surface area contributed by atoms with E-state index in [-0.39, 0.29) is 0 Å². The number of nitrogens with zero attached hydrogens (tertiary/aromatic N) is 1. The third kappa shape index (κ3) is 1.84. The van der Waals surface area contributed by atoms with Crippen molar-refractivity contribution in [2.45, 2.75) is 70.3 Å². The lowest BCUT2D eigenvalue weighted by Crippen LogP contribution is -2.63. The lowest BCUT2D eigenvalue weighted by molar-refractivity contribution is -0.112. The van der Waals surface area contributed by atoms with E-state index < -0.39 is 0 Å². The molecule has 0 aromatic heterocycles. The van der Waals surface area contributed by atoms with E-state index in [2.05, 4.69) is 24.9 Å². The van der Waals surface area contributed by atoms with Crippen molar-refractivity contribution in [3.8, 4) is 0 Å². The second-order valence-corrected chi connectivity index (χ2v) is 11.0. The second kappa shape index (κ2) is 4.57. The molecule has 0 saturated heterocycles. The molecule has 0 heterocycles. The van der Waals surface area contributed by atoms with E-state index in [1.807, 2.05) is 0 Å². The van der Waals surface area contributed by atoms with Crippen molar-refractivity contribution in [3.63, 3.8) is 0 Å². The van der Waals surface area contributed by atoms with Crippen molar-refractivity contribution in [1.82, 2.24) is 4.90 Å². The van der Waals surface area contributed by atoms with E-state index in [9.17, 15) is 0 Å². The first-order valence-electron chi connectivity index (χ1n) is 10.6. The van der Waals surface area contributed by atoms with Crippen LogP contribution in [0.5, 0.6) is 0 Å². The molecule has 0 amide bonds. The largest absolute Gasteiger partial charge is 0.306 e. The Labute approximate surface area is 142 Å². The Hall–Kier alpha value is -0.0400. The van der Waals surface area contributed by atoms with Gasteiger partial charge in [0.1, 0.15) is 0 Å². The monoisotopic (exact) mass is 312 g/mol. The zero-order valence-electron chi connectivity index (χ0n) is 15.1. The Kier molecular flexibility index (Phi) is 2.81. The maximum Gasteiger partial charge on any atom is 0.0152 e. The first kappa shape index (κ1) is 14.2. The van der Waals surface area contributed by atoms with Crippen LogP contribution >= 0.6 is 0 Å². The summed E-state index contributed by atoms with van der Waals surface area (Å²) in [6, 6.07) is 0.894. The fourth-order valence-electron chi connectivity index (χ4n) is 9.72. The van der Waals surface area contributed by atoms with Gasteiger partial charge in [-0.25, -0.2) is 0 Å². The summed E-state index contributed by atoms with van der Waals surface area (Å²) in [5.74, 6) is 9.67. The van der Waals surface area contributed by atoms with Crippen LogP contribution in [0.2, 0.25) is 0 Å². The third-order valence-electron chi connectivity index (χ3n) is 9.41. The van der Waals surface area contributed by atoms with Gasteiger partial charge in [0, 0.05) is 6.04 Å². The Morgan fingerprint density at radius 2 is 1.39 bits per heavy atom. The lowest BCUT2D eigenvalue weighted by atomic mass is 9.38. The molecule has 1 radical (unpaired) electrons. The van der Waals surface area contributed by atoms with Crippen molar-refractivity contribution >= 4 is 0 Å². The van der Waals surface area contributed by atoms with Crippen LogP contribution in [-0.2, 0) is 0 Å². The maximum atomic E-state index is 2.63. The summed E-state index contributed by atoms with van der Waals surface area (Å²) in [4.78, 5) is 2.63. The Balaban J connectivity index is 1.39. The molecule has 0 aromatic carbocycles. The van der Waals surface area contributed by atoms with Gasteiger partial charge in [-0.2, -0.15) is 0 Å². The number of hydrogen-bond acceptors (Lipinski definition) is 1. The fraction of sp³-hybridized carbons (Fsp3) is 0.955. The predicted molar refractivity (Wildman–Crippen MR) is 93.8 cm³/mol. The summed E-state index contributed by atoms with van der Waals surface area (Å²) in [7, 11) is 4.76. The topological polar surface area (TPSA) is 3.24 Å². The minimum atomic E-state index is 0.728. The average Bonchev–Trinajstić information content (AvgIpc) is 2.43. The molecule has 8 rings (SSSR count). The standard InChI is InChI=1S/C22H34N/c1-23(2)21-18-7-13-6-17(9-18)20(19(21)8-13)22-10-14-3-15(11-22)5-16(4-14)12-22/h13-19,21H,3-12H2,1-2H3. The van der Waals surface area contributed by atoms with Crippen LogP contribution in [0.1, 0.15) is 64.2 Å². The molecule has 8 bridgehead atoms. The molecule has 0 aromatic rings. The molecule has 5 unspecified atom stereocenters. The van der Waals surface area contributed by atoms with E-state index in [0.29, 0.717) is 0 Å². The van der Waals surface area contributed by atoms with Crippen LogP contribution in [0.4, 0.5) is 0 Å². The van der Waals surface area contributed by atoms with Crippen molar-refractivity contribution in [2.75, 3.05) is 14.1 Å². The Morgan fingerprint density at radius 3 is 2.00 bits per heavy atom. The van der Waals surface area contributed by atoms with Crippen molar-refractivity contribution in [2.24, 2.45) is 46.8 Å². The minimum Gasteiger partial charge on any atom is -0.306 e. The highest BCUT2D eigenvalue weighted by Crippen LogP contribution is 2.71. The van der Waals surface area contributed by atoms with E-state index >= 15 is 0 Å². The molecule has 1 nitrogen and oxygen atoms in total. The highest BCUT2D eigenvalue weighted by Gasteiger charge is 2.63. The van der Waals surface area contributed by atoms with Gasteiger partial charge in [-0.05, 0) is 131 Å². The lowest BCUT2D eigenvalue weighted by Gasteiger charge is -2.68. The smallest absolute Gasteiger partial charge is 0.0152 e. The second-order valence-electron chi connectivity index (χ2n) is 11.0. The first-order chi connectivity index (χ1) is 11.1. The first-order valence-corrected chi connectivity index (χ1v) is 10.6. The van der Waals surface area contributed by atoms with Gasteiger partial charge in [-0.3, -0.25) is 0 Å². The summed E-state index contributed by atoms with van der Waals surface area (Å²) in [5, 5.41) is 0. The SMILES string of the molecule is CN(C)C1C2CC3CC(C2)[C](C24CC5CC(CC(C5)C2)C4)C1C3. The van der Waals surface area contributed by atoms with Gasteiger partial charge < -0.3 is 4.90 Å². The molecule has 0 spiro atoms. The van der Waals surface area contributed by atoms with Gasteiger partial charge >= 0.3 is 0 Å². The van der Waals surface area contributed by atoms with Crippen LogP contribution in [-0.4, -0.2) is 25.0 Å². The van der Waals surface area contributed by atoms with E-state index in [1.165, 1.54) is 0 Å². The predicted octanol–water partition coefficient (Wildman–Crippen LogP) is 4.77. The molecule has 8 fully saturated rings. The van der Waals surface area contributed by atoms with Gasteiger partial charge in [0.05, 0.1) is 0 Å². The van der Waals surface area contributed by atoms with Gasteiger partial charge in [-0.15, -0.1) is 0 Å². The summed E-state index contributed by atoms with van der Waals surface area (Å²) in [6.45, 7) is 0. The van der Waals surface area contributed by atoms with Crippen LogP contribution in [0, 0.1) is 52.8 Å². The zero-order valence-corrected chi connectivity index (χ0v) is 15.1. The molecule has 0 aliphatic heterocycles. The quantitative estimate of drug-likeness (QED) is 0.709. The van der Waals surface area contributed by atoms with E-state index in [1.54, 1.807) is 64.2 Å². The molecule has 8 saturated carbocycles. The fourth-order valence-corrected chi connectivity index (χ4v) is 9.72. The molecule has 0 N–H and O–H groups in total. The summed E-state index contributed by atoms with van der Waals surface area (Å²) in [5.41, 5.74) is 0.728. The van der Waals surface area contributed by atoms with Crippen LogP contribution in [0.15, 0.2) is 0 Å². The van der Waals surface area contributed by atoms with Crippen LogP contribution in [0.25, 0.3) is 0 Å². The molecule has 23 heavy (non-hydrogen) atoms. The molecule has 127 valence electrons. The number of hydrogen-bond donors (Lipinski definition) is 0. The van der Waals surface area contributed by atoms with Gasteiger partial charge in [0.15, 0.2) is 0 Å². The molecule has 1 heteroatoms. The minimum absolute atomic E-state index is 0.728. The molecule has 8 aliphatic carbocycles. The summed E-state index contributed by atoms with van der Waals surface area (Å²) < 4.78 is 0. The number of rotatable bonds is 2. The molecular formula is C22H34N. The Morgan fingerprint density at radius 1 is 0.739 bits per heavy atom. The molecule has 5 atom stereocenters. The van der Waals surface area contributed by atoms with Crippen molar-refractivity contribution in [3.05, 3.63) is 5.92 Å². The zero-order chi connectivity index (χ0) is 15.3. The average molecular weight is 313 g/mol. The van der Waals surface area contributed by atoms with Crippen molar-refractivity contribution in [1.29, 1.82) is 0 Å².